The molecule has 0 saturated carbocycles. The van der Waals surface area contributed by atoms with Gasteiger partial charge >= 0.3 is 12.0 Å². The van der Waals surface area contributed by atoms with Crippen molar-refractivity contribution in [2.45, 2.75) is 25.3 Å². The molecule has 1 rings (SSSR count). The van der Waals surface area contributed by atoms with E-state index in [1.807, 2.05) is 0 Å². The molecule has 0 radical (unpaired) electrons. The van der Waals surface area contributed by atoms with Crippen molar-refractivity contribution >= 4 is 12.0 Å². The SMILES string of the molecule is CN(C)NC(=O)N1CCCCC1C(=O)O. The summed E-state index contributed by atoms with van der Waals surface area (Å²) in [5.41, 5.74) is 2.55. The Balaban J connectivity index is 2.63. The number of likely N-dealkylation sites (tertiary alicyclic amines) is 1. The maximum atomic E-state index is 11.6. The standard InChI is InChI=1S/C9H17N3O3/c1-11(2)10-9(15)12-6-4-3-5-7(12)8(13)14/h7H,3-6H2,1-2H3,(H,10,15)(H,13,14). The first kappa shape index (κ1) is 11.8. The van der Waals surface area contributed by atoms with Crippen LogP contribution in [0.1, 0.15) is 19.3 Å². The fourth-order valence-electron chi connectivity index (χ4n) is 1.69. The first-order valence-corrected chi connectivity index (χ1v) is 4.99. The number of hydrogen-bond donors (Lipinski definition) is 2. The molecule has 1 atom stereocenters. The number of carbonyl (C=O) groups is 2. The van der Waals surface area contributed by atoms with Crippen LogP contribution in [0.2, 0.25) is 0 Å². The lowest BCUT2D eigenvalue weighted by Crippen LogP contribution is -2.54. The van der Waals surface area contributed by atoms with Crippen LogP contribution in [0.15, 0.2) is 0 Å². The van der Waals surface area contributed by atoms with Crippen LogP contribution in [-0.4, -0.2) is 53.7 Å². The van der Waals surface area contributed by atoms with Crippen LogP contribution in [0.5, 0.6) is 0 Å². The van der Waals surface area contributed by atoms with E-state index in [0.29, 0.717) is 13.0 Å². The van der Waals surface area contributed by atoms with Crippen molar-refractivity contribution in [1.82, 2.24) is 15.3 Å². The van der Waals surface area contributed by atoms with E-state index in [1.165, 1.54) is 9.91 Å². The fraction of sp³-hybridized carbons (Fsp3) is 0.778. The van der Waals surface area contributed by atoms with Crippen molar-refractivity contribution < 1.29 is 14.7 Å². The number of carboxylic acid groups (broad SMARTS) is 1. The number of amides is 2. The van der Waals surface area contributed by atoms with Crippen molar-refractivity contribution in [3.8, 4) is 0 Å². The van der Waals surface area contributed by atoms with E-state index in [0.717, 1.165) is 12.8 Å². The Morgan fingerprint density at radius 1 is 1.40 bits per heavy atom. The zero-order valence-electron chi connectivity index (χ0n) is 9.06. The summed E-state index contributed by atoms with van der Waals surface area (Å²) in [6.45, 7) is 0.511. The third kappa shape index (κ3) is 3.09. The minimum atomic E-state index is -0.927. The third-order valence-corrected chi connectivity index (χ3v) is 2.37. The largest absolute Gasteiger partial charge is 0.480 e. The molecule has 0 aliphatic carbocycles. The van der Waals surface area contributed by atoms with E-state index in [9.17, 15) is 9.59 Å². The molecule has 1 unspecified atom stereocenters. The van der Waals surface area contributed by atoms with Gasteiger partial charge in [0.15, 0.2) is 0 Å². The minimum absolute atomic E-state index is 0.341. The Morgan fingerprint density at radius 2 is 2.07 bits per heavy atom. The van der Waals surface area contributed by atoms with Gasteiger partial charge in [-0.15, -0.1) is 0 Å². The number of aliphatic carboxylic acids is 1. The normalized spacial score (nSPS) is 21.5. The molecule has 0 spiro atoms. The van der Waals surface area contributed by atoms with Crippen LogP contribution in [-0.2, 0) is 4.79 Å². The topological polar surface area (TPSA) is 72.9 Å². The maximum Gasteiger partial charge on any atom is 0.332 e. The monoisotopic (exact) mass is 215 g/mol. The van der Waals surface area contributed by atoms with E-state index in [1.54, 1.807) is 14.1 Å². The van der Waals surface area contributed by atoms with E-state index in [2.05, 4.69) is 5.43 Å². The molecule has 1 aliphatic rings. The summed E-state index contributed by atoms with van der Waals surface area (Å²) < 4.78 is 0. The highest BCUT2D eigenvalue weighted by molar-refractivity contribution is 5.82. The number of carboxylic acids is 1. The molecular weight excluding hydrogens is 198 g/mol. The molecule has 15 heavy (non-hydrogen) atoms. The van der Waals surface area contributed by atoms with Gasteiger partial charge in [0, 0.05) is 20.6 Å². The molecule has 2 amide bonds. The van der Waals surface area contributed by atoms with Gasteiger partial charge in [0.1, 0.15) is 6.04 Å². The van der Waals surface area contributed by atoms with Crippen LogP contribution >= 0.6 is 0 Å². The summed E-state index contributed by atoms with van der Waals surface area (Å²) in [6.07, 6.45) is 2.27. The molecule has 2 N–H and O–H groups in total. The Bertz CT molecular complexity index is 255. The number of carbonyl (C=O) groups excluding carboxylic acids is 1. The average molecular weight is 215 g/mol. The van der Waals surface area contributed by atoms with E-state index < -0.39 is 12.0 Å². The van der Waals surface area contributed by atoms with Gasteiger partial charge in [-0.3, -0.25) is 5.43 Å². The van der Waals surface area contributed by atoms with Crippen LogP contribution < -0.4 is 5.43 Å². The van der Waals surface area contributed by atoms with Gasteiger partial charge in [-0.2, -0.15) is 0 Å². The third-order valence-electron chi connectivity index (χ3n) is 2.37. The first-order chi connectivity index (χ1) is 7.02. The molecule has 6 heteroatoms. The predicted octanol–water partition coefficient (Wildman–Crippen LogP) is 0.112. The van der Waals surface area contributed by atoms with Gasteiger partial charge in [0.05, 0.1) is 0 Å². The molecular formula is C9H17N3O3. The molecule has 0 aromatic rings. The lowest BCUT2D eigenvalue weighted by molar-refractivity contribution is -0.143. The highest BCUT2D eigenvalue weighted by Gasteiger charge is 2.31. The second-order valence-corrected chi connectivity index (χ2v) is 3.85. The lowest BCUT2D eigenvalue weighted by atomic mass is 10.0. The summed E-state index contributed by atoms with van der Waals surface area (Å²) in [5, 5.41) is 10.5. The number of hydrogen-bond acceptors (Lipinski definition) is 3. The minimum Gasteiger partial charge on any atom is -0.480 e. The van der Waals surface area contributed by atoms with Crippen molar-refractivity contribution in [1.29, 1.82) is 0 Å². The van der Waals surface area contributed by atoms with Crippen LogP contribution in [0, 0.1) is 0 Å². The van der Waals surface area contributed by atoms with Crippen molar-refractivity contribution in [2.24, 2.45) is 0 Å². The Hall–Kier alpha value is -1.30. The van der Waals surface area contributed by atoms with Crippen LogP contribution in [0.4, 0.5) is 4.79 Å². The highest BCUT2D eigenvalue weighted by Crippen LogP contribution is 2.17. The second kappa shape index (κ2) is 4.97. The molecule has 1 fully saturated rings. The van der Waals surface area contributed by atoms with Crippen molar-refractivity contribution in [3.05, 3.63) is 0 Å². The Morgan fingerprint density at radius 3 is 2.60 bits per heavy atom. The quantitative estimate of drug-likeness (QED) is 0.641. The number of piperidine rings is 1. The molecule has 1 aliphatic heterocycles. The summed E-state index contributed by atoms with van der Waals surface area (Å²) >= 11 is 0. The van der Waals surface area contributed by atoms with Crippen LogP contribution in [0.25, 0.3) is 0 Å². The summed E-state index contributed by atoms with van der Waals surface area (Å²) in [4.78, 5) is 23.9. The number of rotatable bonds is 2. The number of hydrazine groups is 1. The summed E-state index contributed by atoms with van der Waals surface area (Å²) in [6, 6.07) is -1.02. The van der Waals surface area contributed by atoms with Crippen LogP contribution in [0.3, 0.4) is 0 Å². The average Bonchev–Trinajstić information content (AvgIpc) is 2.16. The first-order valence-electron chi connectivity index (χ1n) is 4.99. The summed E-state index contributed by atoms with van der Waals surface area (Å²) in [5.74, 6) is -0.927. The molecule has 0 bridgehead atoms. The molecule has 86 valence electrons. The van der Waals surface area contributed by atoms with Crippen molar-refractivity contribution in [3.63, 3.8) is 0 Å². The molecule has 0 aromatic heterocycles. The summed E-state index contributed by atoms with van der Waals surface area (Å²) in [7, 11) is 3.38. The number of nitrogens with one attached hydrogen (secondary N) is 1. The van der Waals surface area contributed by atoms with Gasteiger partial charge < -0.3 is 10.0 Å². The number of urea groups is 1. The fourth-order valence-corrected chi connectivity index (χ4v) is 1.69. The van der Waals surface area contributed by atoms with E-state index in [-0.39, 0.29) is 6.03 Å². The van der Waals surface area contributed by atoms with Gasteiger partial charge in [0.25, 0.3) is 0 Å². The van der Waals surface area contributed by atoms with Gasteiger partial charge in [0.2, 0.25) is 0 Å². The molecule has 1 saturated heterocycles. The zero-order chi connectivity index (χ0) is 11.4. The Labute approximate surface area is 88.8 Å². The smallest absolute Gasteiger partial charge is 0.332 e. The molecule has 1 heterocycles. The van der Waals surface area contributed by atoms with Gasteiger partial charge in [-0.25, -0.2) is 14.6 Å². The molecule has 0 aromatic carbocycles. The number of nitrogens with zero attached hydrogens (tertiary/aromatic N) is 2. The highest BCUT2D eigenvalue weighted by atomic mass is 16.4. The Kier molecular flexibility index (Phi) is 3.90. The predicted molar refractivity (Wildman–Crippen MR) is 54.2 cm³/mol. The molecule has 6 nitrogen and oxygen atoms in total. The van der Waals surface area contributed by atoms with Gasteiger partial charge in [-0.05, 0) is 19.3 Å². The van der Waals surface area contributed by atoms with Gasteiger partial charge in [-0.1, -0.05) is 0 Å². The van der Waals surface area contributed by atoms with E-state index >= 15 is 0 Å². The maximum absolute atomic E-state index is 11.6. The van der Waals surface area contributed by atoms with Crippen molar-refractivity contribution in [2.75, 3.05) is 20.6 Å². The van der Waals surface area contributed by atoms with E-state index in [4.69, 9.17) is 5.11 Å². The zero-order valence-corrected chi connectivity index (χ0v) is 9.06. The lowest BCUT2D eigenvalue weighted by Gasteiger charge is -2.33. The second-order valence-electron chi connectivity index (χ2n) is 3.85.